The Bertz CT molecular complexity index is 187. The lowest BCUT2D eigenvalue weighted by Gasteiger charge is -2.14. The van der Waals surface area contributed by atoms with E-state index in [9.17, 15) is 0 Å². The normalized spacial score (nSPS) is 23.4. The van der Waals surface area contributed by atoms with Gasteiger partial charge in [0.2, 0.25) is 0 Å². The number of rotatable bonds is 4. The van der Waals surface area contributed by atoms with Crippen LogP contribution in [-0.4, -0.2) is 24.5 Å². The van der Waals surface area contributed by atoms with Crippen LogP contribution in [0.2, 0.25) is 0 Å². The highest BCUT2D eigenvalue weighted by molar-refractivity contribution is 5.17. The minimum absolute atomic E-state index is 0.739. The molecule has 0 amide bonds. The average molecular weight is 177 g/mol. The highest BCUT2D eigenvalue weighted by atomic mass is 15.1. The van der Waals surface area contributed by atoms with Crippen molar-refractivity contribution in [2.24, 2.45) is 5.92 Å². The third-order valence-electron chi connectivity index (χ3n) is 3.04. The summed E-state index contributed by atoms with van der Waals surface area (Å²) < 4.78 is 0. The molecule has 0 spiro atoms. The van der Waals surface area contributed by atoms with E-state index in [1.807, 2.05) is 0 Å². The summed E-state index contributed by atoms with van der Waals surface area (Å²) in [5, 5.41) is 0. The second-order valence-electron chi connectivity index (χ2n) is 4.12. The molecule has 0 bridgehead atoms. The zero-order chi connectivity index (χ0) is 8.93. The van der Waals surface area contributed by atoms with Crippen LogP contribution in [-0.2, 0) is 0 Å². The van der Waals surface area contributed by atoms with Gasteiger partial charge < -0.3 is 4.90 Å². The molecular weight excluding hydrogens is 158 g/mol. The number of likely N-dealkylation sites (tertiary alicyclic amines) is 1. The van der Waals surface area contributed by atoms with E-state index in [4.69, 9.17) is 0 Å². The number of nitrogens with zero attached hydrogens (tertiary/aromatic N) is 1. The molecule has 0 saturated carbocycles. The Morgan fingerprint density at radius 1 is 1.08 bits per heavy atom. The van der Waals surface area contributed by atoms with Crippen LogP contribution in [0, 0.1) is 5.92 Å². The van der Waals surface area contributed by atoms with Crippen LogP contribution in [0.15, 0.2) is 24.3 Å². The van der Waals surface area contributed by atoms with Crippen molar-refractivity contribution in [3.63, 3.8) is 0 Å². The van der Waals surface area contributed by atoms with Crippen molar-refractivity contribution in [2.45, 2.75) is 25.7 Å². The minimum atomic E-state index is 0.739. The fourth-order valence-electron chi connectivity index (χ4n) is 2.23. The summed E-state index contributed by atoms with van der Waals surface area (Å²) in [5.41, 5.74) is 0. The van der Waals surface area contributed by atoms with E-state index >= 15 is 0 Å². The van der Waals surface area contributed by atoms with Crippen molar-refractivity contribution in [3.8, 4) is 0 Å². The average Bonchev–Trinajstić information content (AvgIpc) is 2.75. The first-order chi connectivity index (χ1) is 6.45. The van der Waals surface area contributed by atoms with Crippen molar-refractivity contribution < 1.29 is 0 Å². The summed E-state index contributed by atoms with van der Waals surface area (Å²) in [4.78, 5) is 2.60. The number of hydrogen-bond acceptors (Lipinski definition) is 1. The molecule has 0 aromatic carbocycles. The van der Waals surface area contributed by atoms with Gasteiger partial charge in [0.15, 0.2) is 0 Å². The third-order valence-corrected chi connectivity index (χ3v) is 3.04. The molecule has 1 heteroatoms. The van der Waals surface area contributed by atoms with Gasteiger partial charge in [0.1, 0.15) is 0 Å². The van der Waals surface area contributed by atoms with Gasteiger partial charge in [-0.25, -0.2) is 0 Å². The molecule has 0 atom stereocenters. The highest BCUT2D eigenvalue weighted by Gasteiger charge is 2.11. The second kappa shape index (κ2) is 4.61. The molecule has 1 nitrogen and oxygen atoms in total. The summed E-state index contributed by atoms with van der Waals surface area (Å²) in [6, 6.07) is 0. The maximum Gasteiger partial charge on any atom is -0.00183 e. The van der Waals surface area contributed by atoms with Gasteiger partial charge in [-0.15, -0.1) is 0 Å². The maximum atomic E-state index is 2.60. The van der Waals surface area contributed by atoms with E-state index in [0.717, 1.165) is 5.92 Å². The summed E-state index contributed by atoms with van der Waals surface area (Å²) in [6.07, 6.45) is 14.5. The molecule has 1 fully saturated rings. The Labute approximate surface area is 81.1 Å². The predicted octanol–water partition coefficient (Wildman–Crippen LogP) is 2.60. The van der Waals surface area contributed by atoms with E-state index in [0.29, 0.717) is 0 Å². The maximum absolute atomic E-state index is 2.60. The second-order valence-corrected chi connectivity index (χ2v) is 4.12. The molecule has 0 radical (unpaired) electrons. The minimum Gasteiger partial charge on any atom is -0.303 e. The van der Waals surface area contributed by atoms with Gasteiger partial charge in [-0.05, 0) is 51.2 Å². The first kappa shape index (κ1) is 9.01. The van der Waals surface area contributed by atoms with Crippen LogP contribution in [0.5, 0.6) is 0 Å². The number of allylic oxidation sites excluding steroid dienone is 4. The van der Waals surface area contributed by atoms with Crippen molar-refractivity contribution in [2.75, 3.05) is 19.6 Å². The Hall–Kier alpha value is -0.560. The molecular formula is C12H19N. The molecule has 1 aliphatic carbocycles. The number of hydrogen-bond donors (Lipinski definition) is 0. The van der Waals surface area contributed by atoms with Gasteiger partial charge in [0.25, 0.3) is 0 Å². The molecule has 2 rings (SSSR count). The van der Waals surface area contributed by atoms with E-state index < -0.39 is 0 Å². The molecule has 2 aliphatic rings. The highest BCUT2D eigenvalue weighted by Crippen LogP contribution is 2.16. The van der Waals surface area contributed by atoms with Crippen LogP contribution < -0.4 is 0 Å². The van der Waals surface area contributed by atoms with Gasteiger partial charge >= 0.3 is 0 Å². The van der Waals surface area contributed by atoms with Gasteiger partial charge in [-0.1, -0.05) is 24.3 Å². The third kappa shape index (κ3) is 2.70. The Balaban J connectivity index is 1.57. The fraction of sp³-hybridized carbons (Fsp3) is 0.667. The van der Waals surface area contributed by atoms with E-state index in [1.54, 1.807) is 0 Å². The van der Waals surface area contributed by atoms with E-state index in [1.165, 1.54) is 45.3 Å². The van der Waals surface area contributed by atoms with Gasteiger partial charge in [0, 0.05) is 0 Å². The largest absolute Gasteiger partial charge is 0.303 e. The Morgan fingerprint density at radius 3 is 2.46 bits per heavy atom. The fourth-order valence-corrected chi connectivity index (χ4v) is 2.23. The Morgan fingerprint density at radius 2 is 1.77 bits per heavy atom. The molecule has 0 aromatic heterocycles. The van der Waals surface area contributed by atoms with Crippen molar-refractivity contribution in [1.82, 2.24) is 4.90 Å². The molecule has 0 N–H and O–H groups in total. The lowest BCUT2D eigenvalue weighted by atomic mass is 10.1. The quantitative estimate of drug-likeness (QED) is 0.638. The summed E-state index contributed by atoms with van der Waals surface area (Å²) >= 11 is 0. The van der Waals surface area contributed by atoms with Crippen molar-refractivity contribution in [3.05, 3.63) is 24.3 Å². The topological polar surface area (TPSA) is 3.24 Å². The van der Waals surface area contributed by atoms with Crippen LogP contribution >= 0.6 is 0 Å². The van der Waals surface area contributed by atoms with E-state index in [-0.39, 0.29) is 0 Å². The summed E-state index contributed by atoms with van der Waals surface area (Å²) in [5.74, 6) is 0.739. The molecule has 1 aliphatic heterocycles. The van der Waals surface area contributed by atoms with Gasteiger partial charge in [-0.3, -0.25) is 0 Å². The van der Waals surface area contributed by atoms with Crippen LogP contribution in [0.1, 0.15) is 25.7 Å². The van der Waals surface area contributed by atoms with Gasteiger partial charge in [0.05, 0.1) is 0 Å². The monoisotopic (exact) mass is 177 g/mol. The van der Waals surface area contributed by atoms with Crippen LogP contribution in [0.4, 0.5) is 0 Å². The molecule has 1 heterocycles. The molecule has 13 heavy (non-hydrogen) atoms. The first-order valence-electron chi connectivity index (χ1n) is 5.52. The van der Waals surface area contributed by atoms with Gasteiger partial charge in [-0.2, -0.15) is 0 Å². The standard InChI is InChI=1S/C12H19N/c1-2-7-12(6-1)8-5-11-13-9-3-4-10-13/h1-2,6-7,12H,3-5,8-11H2. The SMILES string of the molecule is C1=CC(CCCN2CCCC2)C=C1. The van der Waals surface area contributed by atoms with Crippen LogP contribution in [0.25, 0.3) is 0 Å². The predicted molar refractivity (Wildman–Crippen MR) is 56.7 cm³/mol. The lowest BCUT2D eigenvalue weighted by molar-refractivity contribution is 0.326. The summed E-state index contributed by atoms with van der Waals surface area (Å²) in [7, 11) is 0. The molecule has 1 saturated heterocycles. The lowest BCUT2D eigenvalue weighted by Crippen LogP contribution is -2.20. The van der Waals surface area contributed by atoms with Crippen molar-refractivity contribution in [1.29, 1.82) is 0 Å². The van der Waals surface area contributed by atoms with Crippen LogP contribution in [0.3, 0.4) is 0 Å². The van der Waals surface area contributed by atoms with E-state index in [2.05, 4.69) is 29.2 Å². The molecule has 72 valence electrons. The molecule has 0 unspecified atom stereocenters. The zero-order valence-electron chi connectivity index (χ0n) is 8.28. The molecule has 0 aromatic rings. The first-order valence-corrected chi connectivity index (χ1v) is 5.52. The zero-order valence-corrected chi connectivity index (χ0v) is 8.28. The van der Waals surface area contributed by atoms with Crippen molar-refractivity contribution >= 4 is 0 Å². The Kier molecular flexibility index (Phi) is 3.20. The summed E-state index contributed by atoms with van der Waals surface area (Å²) in [6.45, 7) is 4.00. The smallest absolute Gasteiger partial charge is 0.00183 e.